The minimum absolute atomic E-state index is 0.259. The van der Waals surface area contributed by atoms with E-state index in [4.69, 9.17) is 11.6 Å². The Morgan fingerprint density at radius 2 is 2.32 bits per heavy atom. The largest absolute Gasteiger partial charge is 0.312 e. The van der Waals surface area contributed by atoms with Crippen LogP contribution in [0.25, 0.3) is 0 Å². The maximum Gasteiger partial charge on any atom is 0.0847 e. The number of hydrogen-bond donors (Lipinski definition) is 1. The van der Waals surface area contributed by atoms with Crippen LogP contribution in [0.4, 0.5) is 0 Å². The van der Waals surface area contributed by atoms with Gasteiger partial charge in [-0.05, 0) is 42.9 Å². The number of aromatic nitrogens is 2. The highest BCUT2D eigenvalue weighted by molar-refractivity contribution is 9.10. The number of nitrogens with one attached hydrogen (secondary N) is 1. The molecule has 1 unspecified atom stereocenters. The fraction of sp³-hybridized carbons (Fsp3) is 0.462. The van der Waals surface area contributed by atoms with Crippen molar-refractivity contribution in [3.63, 3.8) is 0 Å². The highest BCUT2D eigenvalue weighted by atomic mass is 79.9. The van der Waals surface area contributed by atoms with Gasteiger partial charge in [0.15, 0.2) is 0 Å². The number of rotatable bonds is 5. The summed E-state index contributed by atoms with van der Waals surface area (Å²) >= 11 is 11.6. The van der Waals surface area contributed by atoms with Crippen molar-refractivity contribution in [2.24, 2.45) is 0 Å². The first-order valence-electron chi connectivity index (χ1n) is 6.19. The average molecular weight is 363 g/mol. The molecule has 2 rings (SSSR count). The van der Waals surface area contributed by atoms with Crippen LogP contribution in [-0.2, 0) is 13.0 Å². The normalized spacial score (nSPS) is 12.9. The smallest absolute Gasteiger partial charge is 0.0847 e. The molecule has 0 radical (unpaired) electrons. The van der Waals surface area contributed by atoms with Crippen molar-refractivity contribution in [1.29, 1.82) is 0 Å². The van der Waals surface area contributed by atoms with E-state index in [1.165, 1.54) is 4.88 Å². The molecule has 0 fully saturated rings. The van der Waals surface area contributed by atoms with E-state index in [1.807, 2.05) is 18.7 Å². The van der Waals surface area contributed by atoms with E-state index < -0.39 is 0 Å². The van der Waals surface area contributed by atoms with E-state index in [0.717, 1.165) is 33.8 Å². The van der Waals surface area contributed by atoms with Crippen LogP contribution >= 0.6 is 38.9 Å². The minimum atomic E-state index is 0.259. The zero-order valence-corrected chi connectivity index (χ0v) is 14.4. The number of thiophene rings is 1. The van der Waals surface area contributed by atoms with E-state index in [9.17, 15) is 0 Å². The zero-order valence-electron chi connectivity index (χ0n) is 11.2. The second kappa shape index (κ2) is 6.39. The Labute approximate surface area is 131 Å². The first-order chi connectivity index (χ1) is 9.06. The fourth-order valence-electron chi connectivity index (χ4n) is 2.11. The monoisotopic (exact) mass is 361 g/mol. The molecule has 0 aromatic carbocycles. The van der Waals surface area contributed by atoms with Gasteiger partial charge in [-0.3, -0.25) is 4.68 Å². The van der Waals surface area contributed by atoms with Gasteiger partial charge in [0.2, 0.25) is 0 Å². The van der Waals surface area contributed by atoms with Crippen molar-refractivity contribution in [2.45, 2.75) is 32.9 Å². The van der Waals surface area contributed by atoms with E-state index in [2.05, 4.69) is 44.7 Å². The number of hydrogen-bond acceptors (Lipinski definition) is 3. The average Bonchev–Trinajstić information content (AvgIpc) is 2.93. The van der Waals surface area contributed by atoms with E-state index in [-0.39, 0.29) is 6.04 Å². The Morgan fingerprint density at radius 1 is 1.58 bits per heavy atom. The molecule has 3 nitrogen and oxygen atoms in total. The van der Waals surface area contributed by atoms with Gasteiger partial charge >= 0.3 is 0 Å². The minimum Gasteiger partial charge on any atom is -0.312 e. The van der Waals surface area contributed by atoms with Crippen molar-refractivity contribution in [3.8, 4) is 0 Å². The molecular formula is C13H17BrClN3S. The van der Waals surface area contributed by atoms with Gasteiger partial charge in [-0.25, -0.2) is 0 Å². The van der Waals surface area contributed by atoms with Gasteiger partial charge in [-0.15, -0.1) is 11.3 Å². The zero-order chi connectivity index (χ0) is 14.0. The molecule has 1 N–H and O–H groups in total. The first kappa shape index (κ1) is 15.0. The van der Waals surface area contributed by atoms with Crippen LogP contribution in [0.5, 0.6) is 0 Å². The molecule has 2 aromatic rings. The third-order valence-electron chi connectivity index (χ3n) is 3.13. The summed E-state index contributed by atoms with van der Waals surface area (Å²) in [6.45, 7) is 4.88. The van der Waals surface area contributed by atoms with E-state index in [1.54, 1.807) is 11.3 Å². The highest BCUT2D eigenvalue weighted by Crippen LogP contribution is 2.30. The van der Waals surface area contributed by atoms with Gasteiger partial charge in [0.05, 0.1) is 16.4 Å². The molecule has 6 heteroatoms. The lowest BCUT2D eigenvalue weighted by Gasteiger charge is -2.15. The summed E-state index contributed by atoms with van der Waals surface area (Å²) in [5.41, 5.74) is 2.01. The Morgan fingerprint density at radius 3 is 2.84 bits per heavy atom. The molecule has 0 saturated carbocycles. The second-order valence-electron chi connectivity index (χ2n) is 4.37. The molecule has 0 saturated heterocycles. The van der Waals surface area contributed by atoms with Crippen molar-refractivity contribution in [3.05, 3.63) is 37.2 Å². The lowest BCUT2D eigenvalue weighted by atomic mass is 10.1. The van der Waals surface area contributed by atoms with Gasteiger partial charge in [0.1, 0.15) is 0 Å². The quantitative estimate of drug-likeness (QED) is 0.864. The molecule has 104 valence electrons. The Balaban J connectivity index is 2.28. The van der Waals surface area contributed by atoms with Crippen LogP contribution in [0.2, 0.25) is 5.02 Å². The van der Waals surface area contributed by atoms with Crippen LogP contribution < -0.4 is 5.32 Å². The summed E-state index contributed by atoms with van der Waals surface area (Å²) in [6, 6.07) is 2.41. The summed E-state index contributed by atoms with van der Waals surface area (Å²) in [6.07, 6.45) is 0.844. The van der Waals surface area contributed by atoms with Crippen molar-refractivity contribution in [1.82, 2.24) is 15.1 Å². The fourth-order valence-corrected chi connectivity index (χ4v) is 3.88. The van der Waals surface area contributed by atoms with Crippen LogP contribution in [0, 0.1) is 6.92 Å². The SMILES string of the molecule is CCn1nc(C)c(Cl)c1CC(NC)c1cc(Br)cs1. The van der Waals surface area contributed by atoms with Crippen molar-refractivity contribution < 1.29 is 0 Å². The highest BCUT2D eigenvalue weighted by Gasteiger charge is 2.19. The van der Waals surface area contributed by atoms with Gasteiger partial charge in [0.25, 0.3) is 0 Å². The van der Waals surface area contributed by atoms with Gasteiger partial charge < -0.3 is 5.32 Å². The number of aryl methyl sites for hydroxylation is 2. The molecule has 19 heavy (non-hydrogen) atoms. The lowest BCUT2D eigenvalue weighted by Crippen LogP contribution is -2.19. The molecule has 0 spiro atoms. The lowest BCUT2D eigenvalue weighted by molar-refractivity contribution is 0.546. The third kappa shape index (κ3) is 3.21. The first-order valence-corrected chi connectivity index (χ1v) is 8.24. The van der Waals surface area contributed by atoms with Crippen molar-refractivity contribution in [2.75, 3.05) is 7.05 Å². The molecule has 0 aliphatic rings. The Hall–Kier alpha value is -0.360. The van der Waals surface area contributed by atoms with Crippen LogP contribution in [0.1, 0.15) is 29.2 Å². The van der Waals surface area contributed by atoms with Crippen LogP contribution in [-0.4, -0.2) is 16.8 Å². The standard InChI is InChI=1S/C13H17BrClN3S/c1-4-18-11(13(15)8(2)17-18)6-10(16-3)12-5-9(14)7-19-12/h5,7,10,16H,4,6H2,1-3H3. The second-order valence-corrected chi connectivity index (χ2v) is 6.61. The number of halogens is 2. The third-order valence-corrected chi connectivity index (χ3v) is 5.43. The predicted octanol–water partition coefficient (Wildman–Crippen LogP) is 4.19. The number of nitrogens with zero attached hydrogens (tertiary/aromatic N) is 2. The number of likely N-dealkylation sites (N-methyl/N-ethyl adjacent to an activating group) is 1. The summed E-state index contributed by atoms with van der Waals surface area (Å²) in [4.78, 5) is 1.30. The maximum absolute atomic E-state index is 6.37. The molecule has 2 aromatic heterocycles. The molecule has 0 bridgehead atoms. The summed E-state index contributed by atoms with van der Waals surface area (Å²) in [5.74, 6) is 0. The molecule has 0 amide bonds. The van der Waals surface area contributed by atoms with E-state index >= 15 is 0 Å². The van der Waals surface area contributed by atoms with Gasteiger partial charge in [-0.2, -0.15) is 5.10 Å². The van der Waals surface area contributed by atoms with Crippen LogP contribution in [0.15, 0.2) is 15.9 Å². The van der Waals surface area contributed by atoms with Crippen LogP contribution in [0.3, 0.4) is 0 Å². The molecular weight excluding hydrogens is 346 g/mol. The van der Waals surface area contributed by atoms with Gasteiger partial charge in [-0.1, -0.05) is 11.6 Å². The Kier molecular flexibility index (Phi) is 5.06. The van der Waals surface area contributed by atoms with E-state index in [0.29, 0.717) is 0 Å². The maximum atomic E-state index is 6.37. The molecule has 2 heterocycles. The molecule has 1 atom stereocenters. The summed E-state index contributed by atoms with van der Waals surface area (Å²) < 4.78 is 3.11. The predicted molar refractivity (Wildman–Crippen MR) is 85.2 cm³/mol. The summed E-state index contributed by atoms with van der Waals surface area (Å²) in [5, 5.41) is 10.7. The van der Waals surface area contributed by atoms with Gasteiger partial charge in [0, 0.05) is 33.7 Å². The Bertz CT molecular complexity index is 564. The molecule has 0 aliphatic heterocycles. The topological polar surface area (TPSA) is 29.9 Å². The molecule has 0 aliphatic carbocycles. The summed E-state index contributed by atoms with van der Waals surface area (Å²) in [7, 11) is 1.98. The van der Waals surface area contributed by atoms with Crippen molar-refractivity contribution >= 4 is 38.9 Å².